The Hall–Kier alpha value is -0.590. The Morgan fingerprint density at radius 3 is 2.75 bits per heavy atom. The van der Waals surface area contributed by atoms with Crippen molar-refractivity contribution in [3.63, 3.8) is 0 Å². The van der Waals surface area contributed by atoms with Crippen molar-refractivity contribution < 1.29 is 4.79 Å². The molecule has 0 aliphatic heterocycles. The van der Waals surface area contributed by atoms with Gasteiger partial charge in [0.2, 0.25) is 0 Å². The molecule has 0 saturated heterocycles. The molecule has 0 aromatic rings. The maximum absolute atomic E-state index is 11.5. The first-order valence-corrected chi connectivity index (χ1v) is 4.81. The molecule has 1 heteroatoms. The van der Waals surface area contributed by atoms with E-state index in [0.717, 1.165) is 24.8 Å². The van der Waals surface area contributed by atoms with Crippen LogP contribution in [0.3, 0.4) is 0 Å². The average molecular weight is 166 g/mol. The van der Waals surface area contributed by atoms with E-state index < -0.39 is 0 Å². The lowest BCUT2D eigenvalue weighted by molar-refractivity contribution is -0.125. The molecule has 0 aromatic carbocycles. The second kappa shape index (κ2) is 3.88. The molecule has 0 radical (unpaired) electrons. The van der Waals surface area contributed by atoms with Gasteiger partial charge in [0, 0.05) is 12.3 Å². The van der Waals surface area contributed by atoms with Gasteiger partial charge in [0.25, 0.3) is 0 Å². The van der Waals surface area contributed by atoms with Crippen LogP contribution in [0.25, 0.3) is 0 Å². The quantitative estimate of drug-likeness (QED) is 0.576. The molecule has 12 heavy (non-hydrogen) atoms. The highest BCUT2D eigenvalue weighted by Gasteiger charge is 2.27. The van der Waals surface area contributed by atoms with Crippen LogP contribution in [0.1, 0.15) is 39.5 Å². The summed E-state index contributed by atoms with van der Waals surface area (Å²) in [5.41, 5.74) is 1.15. The number of hydrogen-bond donors (Lipinski definition) is 0. The molecule has 0 aromatic heterocycles. The number of rotatable bonds is 2. The molecule has 2 unspecified atom stereocenters. The van der Waals surface area contributed by atoms with Crippen molar-refractivity contribution >= 4 is 5.78 Å². The third kappa shape index (κ3) is 1.96. The monoisotopic (exact) mass is 166 g/mol. The Morgan fingerprint density at radius 1 is 1.58 bits per heavy atom. The van der Waals surface area contributed by atoms with Crippen LogP contribution in [-0.4, -0.2) is 5.78 Å². The first-order valence-electron chi connectivity index (χ1n) is 4.81. The van der Waals surface area contributed by atoms with Crippen LogP contribution in [0.5, 0.6) is 0 Å². The standard InChI is InChI=1S/C11H18O/c1-8(2)9(3)10-6-4-5-7-11(10)12/h9-10H,1,4-7H2,2-3H3. The van der Waals surface area contributed by atoms with E-state index in [1.165, 1.54) is 6.42 Å². The van der Waals surface area contributed by atoms with Gasteiger partial charge in [-0.25, -0.2) is 0 Å². The molecule has 68 valence electrons. The highest BCUT2D eigenvalue weighted by molar-refractivity contribution is 5.82. The average Bonchev–Trinajstić information content (AvgIpc) is 2.04. The van der Waals surface area contributed by atoms with E-state index in [1.54, 1.807) is 0 Å². The lowest BCUT2D eigenvalue weighted by Gasteiger charge is -2.26. The molecule has 1 saturated carbocycles. The fourth-order valence-corrected chi connectivity index (χ4v) is 1.88. The Morgan fingerprint density at radius 2 is 2.25 bits per heavy atom. The van der Waals surface area contributed by atoms with E-state index >= 15 is 0 Å². The molecule has 0 bridgehead atoms. The lowest BCUT2D eigenvalue weighted by atomic mass is 9.77. The minimum absolute atomic E-state index is 0.274. The third-order valence-corrected chi connectivity index (χ3v) is 2.98. The maximum Gasteiger partial charge on any atom is 0.136 e. The Bertz CT molecular complexity index is 193. The third-order valence-electron chi connectivity index (χ3n) is 2.98. The fourth-order valence-electron chi connectivity index (χ4n) is 1.88. The van der Waals surface area contributed by atoms with Crippen LogP contribution in [0.15, 0.2) is 12.2 Å². The Balaban J connectivity index is 2.59. The number of hydrogen-bond acceptors (Lipinski definition) is 1. The van der Waals surface area contributed by atoms with Crippen molar-refractivity contribution in [2.75, 3.05) is 0 Å². The summed E-state index contributed by atoms with van der Waals surface area (Å²) in [6.45, 7) is 8.05. The van der Waals surface area contributed by atoms with E-state index in [0.29, 0.717) is 11.7 Å². The fraction of sp³-hybridized carbons (Fsp3) is 0.727. The van der Waals surface area contributed by atoms with Crippen LogP contribution in [-0.2, 0) is 4.79 Å². The normalized spacial score (nSPS) is 26.8. The van der Waals surface area contributed by atoms with Gasteiger partial charge in [-0.3, -0.25) is 4.79 Å². The van der Waals surface area contributed by atoms with Crippen molar-refractivity contribution in [3.8, 4) is 0 Å². The van der Waals surface area contributed by atoms with E-state index in [4.69, 9.17) is 0 Å². The predicted octanol–water partition coefficient (Wildman–Crippen LogP) is 2.96. The maximum atomic E-state index is 11.5. The van der Waals surface area contributed by atoms with Gasteiger partial charge in [0.1, 0.15) is 5.78 Å². The van der Waals surface area contributed by atoms with Gasteiger partial charge in [-0.15, -0.1) is 0 Å². The van der Waals surface area contributed by atoms with Crippen LogP contribution in [0, 0.1) is 11.8 Å². The molecule has 1 aliphatic carbocycles. The van der Waals surface area contributed by atoms with Gasteiger partial charge in [-0.1, -0.05) is 25.5 Å². The molecule has 1 aliphatic rings. The molecule has 0 N–H and O–H groups in total. The van der Waals surface area contributed by atoms with Crippen LogP contribution >= 0.6 is 0 Å². The smallest absolute Gasteiger partial charge is 0.136 e. The van der Waals surface area contributed by atoms with Crippen molar-refractivity contribution in [3.05, 3.63) is 12.2 Å². The van der Waals surface area contributed by atoms with E-state index in [1.807, 2.05) is 6.92 Å². The number of carbonyl (C=O) groups is 1. The number of Topliss-reactive ketones (excluding diaryl/α,β-unsaturated/α-hetero) is 1. The summed E-state index contributed by atoms with van der Waals surface area (Å²) < 4.78 is 0. The topological polar surface area (TPSA) is 17.1 Å². The number of ketones is 1. The van der Waals surface area contributed by atoms with E-state index in [9.17, 15) is 4.79 Å². The van der Waals surface area contributed by atoms with Gasteiger partial charge in [-0.05, 0) is 25.7 Å². The zero-order valence-electron chi connectivity index (χ0n) is 8.10. The largest absolute Gasteiger partial charge is 0.299 e. The van der Waals surface area contributed by atoms with Gasteiger partial charge in [0.15, 0.2) is 0 Å². The second-order valence-electron chi connectivity index (χ2n) is 3.95. The molecule has 0 heterocycles. The SMILES string of the molecule is C=C(C)C(C)C1CCCCC1=O. The first-order chi connectivity index (χ1) is 5.63. The molecule has 1 fully saturated rings. The summed E-state index contributed by atoms with van der Waals surface area (Å²) in [4.78, 5) is 11.5. The Labute approximate surface area is 74.9 Å². The van der Waals surface area contributed by atoms with Gasteiger partial charge in [0.05, 0.1) is 0 Å². The van der Waals surface area contributed by atoms with Crippen LogP contribution in [0.4, 0.5) is 0 Å². The number of allylic oxidation sites excluding steroid dienone is 1. The van der Waals surface area contributed by atoms with Crippen molar-refractivity contribution in [2.45, 2.75) is 39.5 Å². The zero-order valence-corrected chi connectivity index (χ0v) is 8.10. The lowest BCUT2D eigenvalue weighted by Crippen LogP contribution is -2.25. The summed E-state index contributed by atoms with van der Waals surface area (Å²) in [5, 5.41) is 0. The van der Waals surface area contributed by atoms with Crippen molar-refractivity contribution in [1.29, 1.82) is 0 Å². The predicted molar refractivity (Wildman–Crippen MR) is 50.9 cm³/mol. The summed E-state index contributed by atoms with van der Waals surface area (Å²) in [7, 11) is 0. The van der Waals surface area contributed by atoms with Crippen molar-refractivity contribution in [2.24, 2.45) is 11.8 Å². The highest BCUT2D eigenvalue weighted by atomic mass is 16.1. The molecular weight excluding hydrogens is 148 g/mol. The van der Waals surface area contributed by atoms with Gasteiger partial charge >= 0.3 is 0 Å². The molecule has 1 nitrogen and oxygen atoms in total. The summed E-state index contributed by atoms with van der Waals surface area (Å²) in [6, 6.07) is 0. The highest BCUT2D eigenvalue weighted by Crippen LogP contribution is 2.30. The molecule has 2 atom stereocenters. The van der Waals surface area contributed by atoms with Crippen LogP contribution < -0.4 is 0 Å². The first kappa shape index (κ1) is 9.50. The second-order valence-corrected chi connectivity index (χ2v) is 3.95. The van der Waals surface area contributed by atoms with Gasteiger partial charge < -0.3 is 0 Å². The molecule has 0 amide bonds. The van der Waals surface area contributed by atoms with E-state index in [2.05, 4.69) is 13.5 Å². The van der Waals surface area contributed by atoms with Gasteiger partial charge in [-0.2, -0.15) is 0 Å². The minimum Gasteiger partial charge on any atom is -0.299 e. The zero-order chi connectivity index (χ0) is 9.14. The molecule has 1 rings (SSSR count). The molecule has 0 spiro atoms. The van der Waals surface area contributed by atoms with Crippen LogP contribution in [0.2, 0.25) is 0 Å². The van der Waals surface area contributed by atoms with E-state index in [-0.39, 0.29) is 5.92 Å². The summed E-state index contributed by atoms with van der Waals surface area (Å²) in [6.07, 6.45) is 4.18. The minimum atomic E-state index is 0.274. The number of carbonyl (C=O) groups excluding carboxylic acids is 1. The Kier molecular flexibility index (Phi) is 3.07. The van der Waals surface area contributed by atoms with Crippen molar-refractivity contribution in [1.82, 2.24) is 0 Å². The summed E-state index contributed by atoms with van der Waals surface area (Å²) >= 11 is 0. The summed E-state index contributed by atoms with van der Waals surface area (Å²) in [5.74, 6) is 1.12. The molecular formula is C11H18O.